The monoisotopic (exact) mass is 314 g/mol. The van der Waals surface area contributed by atoms with Gasteiger partial charge in [-0.2, -0.15) is 0 Å². The molecule has 2 aromatic carbocycles. The number of benzene rings is 2. The second-order valence-corrected chi connectivity index (χ2v) is 5.13. The predicted octanol–water partition coefficient (Wildman–Crippen LogP) is 3.26. The van der Waals surface area contributed by atoms with Gasteiger partial charge in [0, 0.05) is 12.1 Å². The third-order valence-corrected chi connectivity index (χ3v) is 3.60. The van der Waals surface area contributed by atoms with Crippen molar-refractivity contribution in [1.82, 2.24) is 10.6 Å². The molecule has 0 fully saturated rings. The van der Waals surface area contributed by atoms with E-state index >= 15 is 0 Å². The van der Waals surface area contributed by atoms with Crippen molar-refractivity contribution in [3.63, 3.8) is 0 Å². The van der Waals surface area contributed by atoms with Crippen molar-refractivity contribution in [2.75, 3.05) is 14.2 Å². The molecule has 23 heavy (non-hydrogen) atoms. The molecular formula is C18H22N2O3. The quantitative estimate of drug-likeness (QED) is 0.860. The van der Waals surface area contributed by atoms with Gasteiger partial charge in [0.25, 0.3) is 0 Å². The van der Waals surface area contributed by atoms with Gasteiger partial charge in [-0.1, -0.05) is 30.3 Å². The van der Waals surface area contributed by atoms with E-state index in [1.165, 1.54) is 0 Å². The van der Waals surface area contributed by atoms with Crippen molar-refractivity contribution in [3.8, 4) is 11.5 Å². The van der Waals surface area contributed by atoms with E-state index in [1.54, 1.807) is 14.2 Å². The molecule has 2 rings (SSSR count). The van der Waals surface area contributed by atoms with Gasteiger partial charge in [0.15, 0.2) is 0 Å². The minimum Gasteiger partial charge on any atom is -0.497 e. The molecule has 2 N–H and O–H groups in total. The van der Waals surface area contributed by atoms with E-state index < -0.39 is 0 Å². The molecule has 2 amide bonds. The highest BCUT2D eigenvalue weighted by molar-refractivity contribution is 5.74. The Morgan fingerprint density at radius 1 is 1.04 bits per heavy atom. The zero-order chi connectivity index (χ0) is 16.7. The SMILES string of the molecule is COc1ccc(C(C)NC(=O)NCc2ccccc2OC)cc1. The topological polar surface area (TPSA) is 59.6 Å². The average Bonchev–Trinajstić information content (AvgIpc) is 2.60. The molecule has 1 atom stereocenters. The van der Waals surface area contributed by atoms with Gasteiger partial charge >= 0.3 is 6.03 Å². The molecule has 0 heterocycles. The Kier molecular flexibility index (Phi) is 5.86. The van der Waals surface area contributed by atoms with Crippen LogP contribution >= 0.6 is 0 Å². The number of hydrogen-bond donors (Lipinski definition) is 2. The molecule has 2 aromatic rings. The second-order valence-electron chi connectivity index (χ2n) is 5.13. The van der Waals surface area contributed by atoms with E-state index in [4.69, 9.17) is 9.47 Å². The van der Waals surface area contributed by atoms with E-state index in [-0.39, 0.29) is 12.1 Å². The van der Waals surface area contributed by atoms with Gasteiger partial charge in [-0.25, -0.2) is 4.79 Å². The first-order valence-corrected chi connectivity index (χ1v) is 7.44. The number of hydrogen-bond acceptors (Lipinski definition) is 3. The van der Waals surface area contributed by atoms with Crippen LogP contribution in [0.2, 0.25) is 0 Å². The Morgan fingerprint density at radius 2 is 1.74 bits per heavy atom. The number of carbonyl (C=O) groups excluding carboxylic acids is 1. The van der Waals surface area contributed by atoms with E-state index in [0.717, 1.165) is 22.6 Å². The molecule has 5 heteroatoms. The first-order valence-electron chi connectivity index (χ1n) is 7.44. The lowest BCUT2D eigenvalue weighted by Crippen LogP contribution is -2.36. The molecule has 5 nitrogen and oxygen atoms in total. The normalized spacial score (nSPS) is 11.4. The van der Waals surface area contributed by atoms with Gasteiger partial charge in [-0.3, -0.25) is 0 Å². The molecule has 1 unspecified atom stereocenters. The molecule has 0 bridgehead atoms. The molecular weight excluding hydrogens is 292 g/mol. The largest absolute Gasteiger partial charge is 0.497 e. The summed E-state index contributed by atoms with van der Waals surface area (Å²) in [5.74, 6) is 1.55. The molecule has 0 aromatic heterocycles. The van der Waals surface area contributed by atoms with Crippen molar-refractivity contribution in [2.45, 2.75) is 19.5 Å². The lowest BCUT2D eigenvalue weighted by Gasteiger charge is -2.16. The lowest BCUT2D eigenvalue weighted by atomic mass is 10.1. The van der Waals surface area contributed by atoms with Crippen LogP contribution in [0.15, 0.2) is 48.5 Å². The zero-order valence-corrected chi connectivity index (χ0v) is 13.6. The van der Waals surface area contributed by atoms with Crippen molar-refractivity contribution in [3.05, 3.63) is 59.7 Å². The average molecular weight is 314 g/mol. The van der Waals surface area contributed by atoms with Crippen LogP contribution in [0.1, 0.15) is 24.1 Å². The molecule has 0 saturated carbocycles. The third kappa shape index (κ3) is 4.64. The highest BCUT2D eigenvalue weighted by atomic mass is 16.5. The fraction of sp³-hybridized carbons (Fsp3) is 0.278. The second kappa shape index (κ2) is 8.08. The summed E-state index contributed by atoms with van der Waals surface area (Å²) < 4.78 is 10.4. The summed E-state index contributed by atoms with van der Waals surface area (Å²) in [4.78, 5) is 12.0. The molecule has 0 aliphatic heterocycles. The Morgan fingerprint density at radius 3 is 2.39 bits per heavy atom. The first-order chi connectivity index (χ1) is 11.1. The van der Waals surface area contributed by atoms with Gasteiger partial charge in [-0.05, 0) is 30.7 Å². The van der Waals surface area contributed by atoms with E-state index in [0.29, 0.717) is 6.54 Å². The molecule has 0 aliphatic rings. The summed E-state index contributed by atoms with van der Waals surface area (Å²) >= 11 is 0. The van der Waals surface area contributed by atoms with Gasteiger partial charge in [0.2, 0.25) is 0 Å². The number of amides is 2. The number of ether oxygens (including phenoxy) is 2. The van der Waals surface area contributed by atoms with Crippen LogP contribution in [-0.4, -0.2) is 20.3 Å². The molecule has 0 radical (unpaired) electrons. The maximum Gasteiger partial charge on any atom is 0.315 e. The maximum atomic E-state index is 12.0. The Hall–Kier alpha value is -2.69. The van der Waals surface area contributed by atoms with Crippen molar-refractivity contribution in [2.24, 2.45) is 0 Å². The van der Waals surface area contributed by atoms with E-state index in [9.17, 15) is 4.79 Å². The smallest absolute Gasteiger partial charge is 0.315 e. The zero-order valence-electron chi connectivity index (χ0n) is 13.6. The van der Waals surface area contributed by atoms with Crippen LogP contribution in [0.4, 0.5) is 4.79 Å². The molecule has 0 saturated heterocycles. The number of rotatable bonds is 6. The first kappa shape index (κ1) is 16.7. The summed E-state index contributed by atoms with van der Waals surface area (Å²) in [6.07, 6.45) is 0. The number of para-hydroxylation sites is 1. The summed E-state index contributed by atoms with van der Waals surface area (Å²) in [6, 6.07) is 14.9. The number of urea groups is 1. The Balaban J connectivity index is 1.88. The standard InChI is InChI=1S/C18H22N2O3/c1-13(14-8-10-16(22-2)11-9-14)20-18(21)19-12-15-6-4-5-7-17(15)23-3/h4-11,13H,12H2,1-3H3,(H2,19,20,21). The minimum atomic E-state index is -0.223. The van der Waals surface area contributed by atoms with Gasteiger partial charge in [-0.15, -0.1) is 0 Å². The number of nitrogens with one attached hydrogen (secondary N) is 2. The van der Waals surface area contributed by atoms with E-state index in [2.05, 4.69) is 10.6 Å². The van der Waals surface area contributed by atoms with Crippen molar-refractivity contribution >= 4 is 6.03 Å². The number of methoxy groups -OCH3 is 2. The maximum absolute atomic E-state index is 12.0. The van der Waals surface area contributed by atoms with Crippen LogP contribution < -0.4 is 20.1 Å². The van der Waals surface area contributed by atoms with Crippen molar-refractivity contribution in [1.29, 1.82) is 0 Å². The lowest BCUT2D eigenvalue weighted by molar-refractivity contribution is 0.237. The van der Waals surface area contributed by atoms with Crippen LogP contribution in [0.3, 0.4) is 0 Å². The third-order valence-electron chi connectivity index (χ3n) is 3.60. The molecule has 0 aliphatic carbocycles. The summed E-state index contributed by atoms with van der Waals surface area (Å²) in [5.41, 5.74) is 1.94. The Labute approximate surface area is 136 Å². The fourth-order valence-corrected chi connectivity index (χ4v) is 2.25. The van der Waals surface area contributed by atoms with Crippen LogP contribution in [0.5, 0.6) is 11.5 Å². The highest BCUT2D eigenvalue weighted by Gasteiger charge is 2.10. The van der Waals surface area contributed by atoms with E-state index in [1.807, 2.05) is 55.5 Å². The molecule has 0 spiro atoms. The summed E-state index contributed by atoms with van der Waals surface area (Å²) in [5, 5.41) is 5.75. The number of carbonyl (C=O) groups is 1. The predicted molar refractivity (Wildman–Crippen MR) is 89.8 cm³/mol. The van der Waals surface area contributed by atoms with Crippen LogP contribution in [-0.2, 0) is 6.54 Å². The van der Waals surface area contributed by atoms with Crippen molar-refractivity contribution < 1.29 is 14.3 Å². The van der Waals surface area contributed by atoms with Crippen LogP contribution in [0, 0.1) is 0 Å². The fourth-order valence-electron chi connectivity index (χ4n) is 2.25. The summed E-state index contributed by atoms with van der Waals surface area (Å²) in [6.45, 7) is 2.34. The summed E-state index contributed by atoms with van der Waals surface area (Å²) in [7, 11) is 3.24. The Bertz CT molecular complexity index is 641. The highest BCUT2D eigenvalue weighted by Crippen LogP contribution is 2.18. The van der Waals surface area contributed by atoms with Gasteiger partial charge in [0.05, 0.1) is 20.3 Å². The van der Waals surface area contributed by atoms with Gasteiger partial charge < -0.3 is 20.1 Å². The molecule has 122 valence electrons. The minimum absolute atomic E-state index is 0.0985. The van der Waals surface area contributed by atoms with Gasteiger partial charge in [0.1, 0.15) is 11.5 Å². The van der Waals surface area contributed by atoms with Crippen LogP contribution in [0.25, 0.3) is 0 Å².